The fraction of sp³-hybridized carbons (Fsp3) is 0.722. The average molecular weight is 400 g/mol. The van der Waals surface area contributed by atoms with Crippen LogP contribution in [0.15, 0.2) is 11.0 Å². The Hall–Kier alpha value is -0.960. The number of nitrogens with zero attached hydrogens (tertiary/aromatic N) is 2. The number of hydrogen-bond acceptors (Lipinski definition) is 5. The predicted molar refractivity (Wildman–Crippen MR) is 104 cm³/mol. The number of thiophene rings is 1. The SMILES string of the molecule is Cc1cc(S(=O)(=O)N2CCN(C(=O)C3CCCCC3(C)N)CC2)c(C)s1. The van der Waals surface area contributed by atoms with Crippen molar-refractivity contribution in [3.05, 3.63) is 15.8 Å². The molecule has 146 valence electrons. The highest BCUT2D eigenvalue weighted by molar-refractivity contribution is 7.89. The molecule has 2 aliphatic rings. The maximum absolute atomic E-state index is 12.9. The standard InChI is InChI=1S/C18H29N3O3S2/c1-13-12-16(14(2)25-13)26(23,24)21-10-8-20(9-11-21)17(22)15-6-4-5-7-18(15,3)19/h12,15H,4-11,19H2,1-3H3. The van der Waals surface area contributed by atoms with Gasteiger partial charge < -0.3 is 10.6 Å². The van der Waals surface area contributed by atoms with Gasteiger partial charge in [-0.15, -0.1) is 11.3 Å². The second-order valence-electron chi connectivity index (χ2n) is 7.81. The molecule has 1 aliphatic carbocycles. The molecule has 0 radical (unpaired) electrons. The number of piperazine rings is 1. The third-order valence-corrected chi connectivity index (χ3v) is 8.84. The summed E-state index contributed by atoms with van der Waals surface area (Å²) in [4.78, 5) is 17.0. The van der Waals surface area contributed by atoms with Gasteiger partial charge in [-0.1, -0.05) is 12.8 Å². The molecule has 1 saturated carbocycles. The largest absolute Gasteiger partial charge is 0.340 e. The molecular formula is C18H29N3O3S2. The molecule has 1 aliphatic heterocycles. The van der Waals surface area contributed by atoms with Crippen LogP contribution < -0.4 is 5.73 Å². The minimum Gasteiger partial charge on any atom is -0.340 e. The van der Waals surface area contributed by atoms with Crippen LogP contribution >= 0.6 is 11.3 Å². The summed E-state index contributed by atoms with van der Waals surface area (Å²) in [5.74, 6) is -0.0597. The number of sulfonamides is 1. The van der Waals surface area contributed by atoms with Gasteiger partial charge in [-0.2, -0.15) is 4.31 Å². The van der Waals surface area contributed by atoms with Crippen LogP contribution in [0.5, 0.6) is 0 Å². The molecule has 26 heavy (non-hydrogen) atoms. The van der Waals surface area contributed by atoms with Crippen LogP contribution in [0.25, 0.3) is 0 Å². The first-order valence-electron chi connectivity index (χ1n) is 9.28. The average Bonchev–Trinajstić information content (AvgIpc) is 2.93. The fourth-order valence-corrected chi connectivity index (χ4v) is 7.08. The van der Waals surface area contributed by atoms with E-state index in [1.54, 1.807) is 11.0 Å². The van der Waals surface area contributed by atoms with E-state index in [9.17, 15) is 13.2 Å². The monoisotopic (exact) mass is 399 g/mol. The van der Waals surface area contributed by atoms with E-state index in [4.69, 9.17) is 5.73 Å². The highest BCUT2D eigenvalue weighted by Gasteiger charge is 2.41. The minimum absolute atomic E-state index is 0.0920. The van der Waals surface area contributed by atoms with Gasteiger partial charge in [-0.25, -0.2) is 8.42 Å². The van der Waals surface area contributed by atoms with Crippen molar-refractivity contribution in [3.63, 3.8) is 0 Å². The molecule has 0 bridgehead atoms. The van der Waals surface area contributed by atoms with Crippen molar-refractivity contribution >= 4 is 27.3 Å². The van der Waals surface area contributed by atoms with Gasteiger partial charge in [0.05, 0.1) is 10.8 Å². The van der Waals surface area contributed by atoms with Crippen LogP contribution in [0, 0.1) is 19.8 Å². The Morgan fingerprint density at radius 2 is 1.88 bits per heavy atom. The van der Waals surface area contributed by atoms with Crippen LogP contribution in [0.2, 0.25) is 0 Å². The van der Waals surface area contributed by atoms with Crippen molar-refractivity contribution in [1.29, 1.82) is 0 Å². The lowest BCUT2D eigenvalue weighted by molar-refractivity contribution is -0.140. The molecule has 1 aromatic rings. The fourth-order valence-electron chi connectivity index (χ4n) is 4.14. The Morgan fingerprint density at radius 3 is 2.42 bits per heavy atom. The van der Waals surface area contributed by atoms with E-state index in [1.807, 2.05) is 20.8 Å². The molecule has 1 aromatic heterocycles. The van der Waals surface area contributed by atoms with Gasteiger partial charge in [0.25, 0.3) is 0 Å². The van der Waals surface area contributed by atoms with Crippen molar-refractivity contribution in [1.82, 2.24) is 9.21 Å². The first-order valence-corrected chi connectivity index (χ1v) is 11.5. The highest BCUT2D eigenvalue weighted by Crippen LogP contribution is 2.33. The second kappa shape index (κ2) is 7.22. The lowest BCUT2D eigenvalue weighted by Crippen LogP contribution is -2.57. The molecule has 6 nitrogen and oxygen atoms in total. The first kappa shape index (κ1) is 19.8. The number of hydrogen-bond donors (Lipinski definition) is 1. The zero-order valence-electron chi connectivity index (χ0n) is 15.8. The van der Waals surface area contributed by atoms with E-state index in [0.29, 0.717) is 31.1 Å². The van der Waals surface area contributed by atoms with Crippen molar-refractivity contribution in [2.24, 2.45) is 11.7 Å². The van der Waals surface area contributed by atoms with Crippen molar-refractivity contribution in [3.8, 4) is 0 Å². The summed E-state index contributed by atoms with van der Waals surface area (Å²) in [6.45, 7) is 7.29. The summed E-state index contributed by atoms with van der Waals surface area (Å²) in [5, 5.41) is 0. The van der Waals surface area contributed by atoms with E-state index in [1.165, 1.54) is 15.6 Å². The molecule has 0 spiro atoms. The van der Waals surface area contributed by atoms with Gasteiger partial charge in [-0.3, -0.25) is 4.79 Å². The number of rotatable bonds is 3. The van der Waals surface area contributed by atoms with Crippen molar-refractivity contribution in [2.75, 3.05) is 26.2 Å². The topological polar surface area (TPSA) is 83.7 Å². The zero-order valence-corrected chi connectivity index (χ0v) is 17.5. The summed E-state index contributed by atoms with van der Waals surface area (Å²) >= 11 is 1.50. The third-order valence-electron chi connectivity index (χ3n) is 5.72. The quantitative estimate of drug-likeness (QED) is 0.844. The molecule has 1 amide bonds. The first-order chi connectivity index (χ1) is 12.1. The summed E-state index contributed by atoms with van der Waals surface area (Å²) < 4.78 is 27.3. The Morgan fingerprint density at radius 1 is 1.23 bits per heavy atom. The molecule has 8 heteroatoms. The summed E-state index contributed by atoms with van der Waals surface area (Å²) in [5.41, 5.74) is 5.91. The number of carbonyl (C=O) groups is 1. The molecule has 2 atom stereocenters. The van der Waals surface area contributed by atoms with E-state index in [-0.39, 0.29) is 11.8 Å². The van der Waals surface area contributed by atoms with Crippen molar-refractivity contribution in [2.45, 2.75) is 56.9 Å². The van der Waals surface area contributed by atoms with Crippen LogP contribution in [0.4, 0.5) is 0 Å². The highest BCUT2D eigenvalue weighted by atomic mass is 32.2. The van der Waals surface area contributed by atoms with E-state index in [0.717, 1.165) is 35.4 Å². The maximum Gasteiger partial charge on any atom is 0.244 e. The Bertz CT molecular complexity index is 778. The maximum atomic E-state index is 12.9. The van der Waals surface area contributed by atoms with Crippen LogP contribution in [-0.2, 0) is 14.8 Å². The van der Waals surface area contributed by atoms with E-state index >= 15 is 0 Å². The van der Waals surface area contributed by atoms with Gasteiger partial charge in [0.1, 0.15) is 0 Å². The molecule has 2 N–H and O–H groups in total. The molecule has 2 heterocycles. The second-order valence-corrected chi connectivity index (χ2v) is 11.2. The molecule has 2 fully saturated rings. The van der Waals surface area contributed by atoms with Crippen LogP contribution in [-0.4, -0.2) is 55.2 Å². The third kappa shape index (κ3) is 3.69. The molecular weight excluding hydrogens is 370 g/mol. The molecule has 3 rings (SSSR count). The predicted octanol–water partition coefficient (Wildman–Crippen LogP) is 2.11. The number of nitrogens with two attached hydrogens (primary N) is 1. The number of amides is 1. The van der Waals surface area contributed by atoms with E-state index < -0.39 is 15.6 Å². The van der Waals surface area contributed by atoms with E-state index in [2.05, 4.69) is 0 Å². The molecule has 0 aromatic carbocycles. The Kier molecular flexibility index (Phi) is 5.50. The molecule has 2 unspecified atom stereocenters. The van der Waals surface area contributed by atoms with Crippen LogP contribution in [0.3, 0.4) is 0 Å². The van der Waals surface area contributed by atoms with Gasteiger partial charge in [0.2, 0.25) is 15.9 Å². The van der Waals surface area contributed by atoms with Crippen LogP contribution in [0.1, 0.15) is 42.4 Å². The number of aryl methyl sites for hydroxylation is 2. The summed E-state index contributed by atoms with van der Waals surface area (Å²) in [6, 6.07) is 1.74. The Labute approximate surface area is 160 Å². The van der Waals surface area contributed by atoms with Gasteiger partial charge >= 0.3 is 0 Å². The lowest BCUT2D eigenvalue weighted by Gasteiger charge is -2.42. The van der Waals surface area contributed by atoms with Gasteiger partial charge in [0, 0.05) is 41.5 Å². The lowest BCUT2D eigenvalue weighted by atomic mass is 9.74. The summed E-state index contributed by atoms with van der Waals surface area (Å²) in [7, 11) is -3.49. The summed E-state index contributed by atoms with van der Waals surface area (Å²) in [6.07, 6.45) is 3.81. The minimum atomic E-state index is -3.49. The van der Waals surface area contributed by atoms with Crippen molar-refractivity contribution < 1.29 is 13.2 Å². The number of carbonyl (C=O) groups excluding carboxylic acids is 1. The zero-order chi connectivity index (χ0) is 19.1. The van der Waals surface area contributed by atoms with Gasteiger partial charge in [-0.05, 0) is 39.7 Å². The smallest absolute Gasteiger partial charge is 0.244 e. The van der Waals surface area contributed by atoms with Gasteiger partial charge in [0.15, 0.2) is 0 Å². The Balaban J connectivity index is 1.67. The molecule has 1 saturated heterocycles. The normalized spacial score (nSPS) is 28.3.